The Bertz CT molecular complexity index is 993. The molecule has 1 heterocycles. The van der Waals surface area contributed by atoms with E-state index in [4.69, 9.17) is 19.0 Å². The third-order valence-corrected chi connectivity index (χ3v) is 4.26. The van der Waals surface area contributed by atoms with Gasteiger partial charge in [-0.15, -0.1) is 0 Å². The molecule has 27 heavy (non-hydrogen) atoms. The van der Waals surface area contributed by atoms with Crippen molar-refractivity contribution in [2.24, 2.45) is 0 Å². The highest BCUT2D eigenvalue weighted by Gasteiger charge is 2.28. The Morgan fingerprint density at radius 3 is 2.52 bits per heavy atom. The molecule has 0 atom stereocenters. The van der Waals surface area contributed by atoms with Gasteiger partial charge in [-0.3, -0.25) is 10.1 Å². The number of hydrogen-bond acceptors (Lipinski definition) is 7. The SMILES string of the molecule is COc1cc(-c2oc3c(OC)cc(CCCO)cc3c2[N+](=O)[O-])ccc1O. The van der Waals surface area contributed by atoms with Crippen LogP contribution in [0.25, 0.3) is 22.3 Å². The molecular formula is C19H19NO7. The fourth-order valence-electron chi connectivity index (χ4n) is 2.99. The van der Waals surface area contributed by atoms with Crippen molar-refractivity contribution in [1.29, 1.82) is 0 Å². The number of aromatic hydroxyl groups is 1. The fourth-order valence-corrected chi connectivity index (χ4v) is 2.99. The topological polar surface area (TPSA) is 115 Å². The summed E-state index contributed by atoms with van der Waals surface area (Å²) in [5.74, 6) is 0.521. The van der Waals surface area contributed by atoms with Crippen LogP contribution in [0.3, 0.4) is 0 Å². The predicted molar refractivity (Wildman–Crippen MR) is 98.5 cm³/mol. The van der Waals surface area contributed by atoms with Gasteiger partial charge in [0.05, 0.1) is 19.1 Å². The maximum absolute atomic E-state index is 11.8. The molecule has 142 valence electrons. The number of nitro groups is 1. The minimum absolute atomic E-state index is 0.0202. The summed E-state index contributed by atoms with van der Waals surface area (Å²) < 4.78 is 16.2. The second kappa shape index (κ2) is 7.55. The molecule has 0 aliphatic heterocycles. The van der Waals surface area contributed by atoms with E-state index in [0.29, 0.717) is 29.5 Å². The largest absolute Gasteiger partial charge is 0.504 e. The van der Waals surface area contributed by atoms with Crippen molar-refractivity contribution in [3.05, 3.63) is 46.0 Å². The molecule has 0 spiro atoms. The van der Waals surface area contributed by atoms with Crippen molar-refractivity contribution >= 4 is 16.7 Å². The van der Waals surface area contributed by atoms with Crippen LogP contribution in [0.15, 0.2) is 34.7 Å². The van der Waals surface area contributed by atoms with E-state index >= 15 is 0 Å². The molecular weight excluding hydrogens is 354 g/mol. The van der Waals surface area contributed by atoms with Gasteiger partial charge in [0.2, 0.25) is 5.76 Å². The number of furan rings is 1. The number of ether oxygens (including phenoxy) is 2. The lowest BCUT2D eigenvalue weighted by molar-refractivity contribution is -0.382. The minimum Gasteiger partial charge on any atom is -0.504 e. The zero-order valence-corrected chi connectivity index (χ0v) is 14.9. The number of hydrogen-bond donors (Lipinski definition) is 2. The van der Waals surface area contributed by atoms with Crippen LogP contribution >= 0.6 is 0 Å². The number of phenolic OH excluding ortho intramolecular Hbond substituents is 1. The van der Waals surface area contributed by atoms with Gasteiger partial charge in [0.15, 0.2) is 22.8 Å². The van der Waals surface area contributed by atoms with Gasteiger partial charge >= 0.3 is 5.69 Å². The van der Waals surface area contributed by atoms with Crippen LogP contribution in [0, 0.1) is 10.1 Å². The summed E-state index contributed by atoms with van der Waals surface area (Å²) in [7, 11) is 2.85. The average Bonchev–Trinajstić information content (AvgIpc) is 3.05. The van der Waals surface area contributed by atoms with Gasteiger partial charge < -0.3 is 24.1 Å². The maximum atomic E-state index is 11.8. The molecule has 0 saturated heterocycles. The molecule has 0 aliphatic rings. The van der Waals surface area contributed by atoms with Gasteiger partial charge in [-0.2, -0.15) is 0 Å². The Labute approximate surface area is 154 Å². The Kier molecular flexibility index (Phi) is 5.18. The van der Waals surface area contributed by atoms with Gasteiger partial charge in [0.1, 0.15) is 5.39 Å². The lowest BCUT2D eigenvalue weighted by Gasteiger charge is -2.05. The van der Waals surface area contributed by atoms with E-state index in [1.807, 2.05) is 0 Å². The molecule has 0 radical (unpaired) electrons. The second-order valence-corrected chi connectivity index (χ2v) is 5.93. The van der Waals surface area contributed by atoms with E-state index in [1.165, 1.54) is 32.4 Å². The lowest BCUT2D eigenvalue weighted by atomic mass is 10.0. The van der Waals surface area contributed by atoms with Gasteiger partial charge in [0, 0.05) is 12.2 Å². The van der Waals surface area contributed by atoms with E-state index in [2.05, 4.69) is 0 Å². The molecule has 0 amide bonds. The molecule has 8 nitrogen and oxygen atoms in total. The molecule has 0 bridgehead atoms. The van der Waals surface area contributed by atoms with Crippen LogP contribution < -0.4 is 9.47 Å². The number of benzene rings is 2. The van der Waals surface area contributed by atoms with Crippen LogP contribution in [0.2, 0.25) is 0 Å². The highest BCUT2D eigenvalue weighted by Crippen LogP contribution is 2.45. The number of methoxy groups -OCH3 is 2. The minimum atomic E-state index is -0.504. The van der Waals surface area contributed by atoms with E-state index in [0.717, 1.165) is 5.56 Å². The molecule has 3 rings (SSSR count). The summed E-state index contributed by atoms with van der Waals surface area (Å²) in [4.78, 5) is 11.3. The Morgan fingerprint density at radius 1 is 1.15 bits per heavy atom. The van der Waals surface area contributed by atoms with Crippen molar-refractivity contribution in [2.75, 3.05) is 20.8 Å². The van der Waals surface area contributed by atoms with Gasteiger partial charge in [-0.05, 0) is 48.7 Å². The molecule has 0 saturated carbocycles. The van der Waals surface area contributed by atoms with Crippen LogP contribution in [0.1, 0.15) is 12.0 Å². The monoisotopic (exact) mass is 373 g/mol. The molecule has 0 aliphatic carbocycles. The molecule has 3 aromatic rings. The van der Waals surface area contributed by atoms with Crippen LogP contribution in [-0.2, 0) is 6.42 Å². The highest BCUT2D eigenvalue weighted by molar-refractivity contribution is 5.98. The number of fused-ring (bicyclic) bond motifs is 1. The molecule has 2 aromatic carbocycles. The second-order valence-electron chi connectivity index (χ2n) is 5.93. The standard InChI is InChI=1S/C19H19NO7/c1-25-15-10-12(5-6-14(15)22)18-17(20(23)24)13-8-11(4-3-7-21)9-16(26-2)19(13)27-18/h5-6,8-10,21-22H,3-4,7H2,1-2H3. The van der Waals surface area contributed by atoms with Crippen molar-refractivity contribution < 1.29 is 29.0 Å². The van der Waals surface area contributed by atoms with Crippen molar-refractivity contribution in [1.82, 2.24) is 0 Å². The quantitative estimate of drug-likeness (QED) is 0.480. The molecule has 2 N–H and O–H groups in total. The normalized spacial score (nSPS) is 10.9. The Morgan fingerprint density at radius 2 is 1.89 bits per heavy atom. The van der Waals surface area contributed by atoms with E-state index in [-0.39, 0.29) is 35.1 Å². The van der Waals surface area contributed by atoms with Crippen LogP contribution in [0.5, 0.6) is 17.2 Å². The third kappa shape index (κ3) is 3.39. The third-order valence-electron chi connectivity index (χ3n) is 4.26. The zero-order chi connectivity index (χ0) is 19.6. The summed E-state index contributed by atoms with van der Waals surface area (Å²) in [6.45, 7) is 0.0202. The number of rotatable bonds is 7. The van der Waals surface area contributed by atoms with Crippen LogP contribution in [0.4, 0.5) is 5.69 Å². The first-order chi connectivity index (χ1) is 13.0. The van der Waals surface area contributed by atoms with Crippen molar-refractivity contribution in [3.63, 3.8) is 0 Å². The smallest absolute Gasteiger partial charge is 0.323 e. The Balaban J connectivity index is 2.27. The summed E-state index contributed by atoms with van der Waals surface area (Å²) >= 11 is 0. The first-order valence-electron chi connectivity index (χ1n) is 8.26. The molecule has 0 fully saturated rings. The molecule has 8 heteroatoms. The predicted octanol–water partition coefficient (Wildman–Crippen LogP) is 3.66. The van der Waals surface area contributed by atoms with E-state index in [1.54, 1.807) is 12.1 Å². The number of aliphatic hydroxyl groups excluding tert-OH is 1. The molecule has 0 unspecified atom stereocenters. The van der Waals surface area contributed by atoms with Crippen molar-refractivity contribution in [3.8, 4) is 28.6 Å². The molecule has 1 aromatic heterocycles. The maximum Gasteiger partial charge on any atom is 0.323 e. The fraction of sp³-hybridized carbons (Fsp3) is 0.263. The lowest BCUT2D eigenvalue weighted by Crippen LogP contribution is -1.93. The first kappa shape index (κ1) is 18.5. The van der Waals surface area contributed by atoms with Gasteiger partial charge in [-0.1, -0.05) is 0 Å². The highest BCUT2D eigenvalue weighted by atomic mass is 16.6. The first-order valence-corrected chi connectivity index (χ1v) is 8.26. The van der Waals surface area contributed by atoms with Gasteiger partial charge in [0.25, 0.3) is 0 Å². The zero-order valence-electron chi connectivity index (χ0n) is 14.9. The number of aryl methyl sites for hydroxylation is 1. The average molecular weight is 373 g/mol. The number of nitrogens with zero attached hydrogens (tertiary/aromatic N) is 1. The van der Waals surface area contributed by atoms with E-state index in [9.17, 15) is 15.2 Å². The Hall–Kier alpha value is -3.26. The van der Waals surface area contributed by atoms with Gasteiger partial charge in [-0.25, -0.2) is 0 Å². The van der Waals surface area contributed by atoms with Crippen LogP contribution in [-0.4, -0.2) is 36.0 Å². The summed E-state index contributed by atoms with van der Waals surface area (Å²) in [5.41, 5.74) is 1.26. The number of phenols is 1. The number of aliphatic hydroxyl groups is 1. The summed E-state index contributed by atoms with van der Waals surface area (Å²) in [6, 6.07) is 7.79. The summed E-state index contributed by atoms with van der Waals surface area (Å²) in [6.07, 6.45) is 1.08. The summed E-state index contributed by atoms with van der Waals surface area (Å²) in [5, 5.41) is 30.9. The van der Waals surface area contributed by atoms with E-state index < -0.39 is 4.92 Å². The van der Waals surface area contributed by atoms with Crippen molar-refractivity contribution in [2.45, 2.75) is 12.8 Å².